The summed E-state index contributed by atoms with van der Waals surface area (Å²) >= 11 is 6.15. The minimum atomic E-state index is -0.426. The lowest BCUT2D eigenvalue weighted by Gasteiger charge is -2.24. The number of fused-ring (bicyclic) bond motifs is 1. The Labute approximate surface area is 101 Å². The van der Waals surface area contributed by atoms with Gasteiger partial charge in [0.1, 0.15) is 5.60 Å². The molecule has 1 fully saturated rings. The van der Waals surface area contributed by atoms with Gasteiger partial charge in [0, 0.05) is 24.9 Å². The summed E-state index contributed by atoms with van der Waals surface area (Å²) in [5.74, 6) is 0.782. The summed E-state index contributed by atoms with van der Waals surface area (Å²) in [5, 5.41) is 0.0671. The normalized spacial score (nSPS) is 33.0. The Bertz CT molecular complexity index is 321. The molecule has 2 rings (SSSR count). The van der Waals surface area contributed by atoms with Crippen LogP contribution in [0.15, 0.2) is 12.2 Å². The van der Waals surface area contributed by atoms with E-state index in [4.69, 9.17) is 16.3 Å². The summed E-state index contributed by atoms with van der Waals surface area (Å²) in [6, 6.07) is 0. The summed E-state index contributed by atoms with van der Waals surface area (Å²) in [6.45, 7) is 7.09. The lowest BCUT2D eigenvalue weighted by molar-refractivity contribution is 0.0285. The molecule has 90 valence electrons. The van der Waals surface area contributed by atoms with Gasteiger partial charge in [-0.1, -0.05) is 12.2 Å². The number of nitrogens with zero attached hydrogens (tertiary/aromatic N) is 1. The van der Waals surface area contributed by atoms with Crippen molar-refractivity contribution in [2.24, 2.45) is 11.8 Å². The maximum atomic E-state index is 11.8. The highest BCUT2D eigenvalue weighted by Crippen LogP contribution is 2.36. The molecular weight excluding hydrogens is 226 g/mol. The summed E-state index contributed by atoms with van der Waals surface area (Å²) in [4.78, 5) is 13.6. The number of allylic oxidation sites excluding steroid dienone is 1. The molecule has 2 aliphatic rings. The first-order valence-electron chi connectivity index (χ1n) is 5.67. The maximum Gasteiger partial charge on any atom is 0.410 e. The van der Waals surface area contributed by atoms with Crippen molar-refractivity contribution in [3.8, 4) is 0 Å². The first-order valence-corrected chi connectivity index (χ1v) is 6.11. The average Bonchev–Trinajstić information content (AvgIpc) is 2.65. The summed E-state index contributed by atoms with van der Waals surface area (Å²) in [6.07, 6.45) is 3.93. The van der Waals surface area contributed by atoms with Crippen LogP contribution in [0.2, 0.25) is 0 Å². The van der Waals surface area contributed by atoms with Crippen LogP contribution in [0.1, 0.15) is 20.8 Å². The number of likely N-dealkylation sites (tertiary alicyclic amines) is 1. The molecule has 16 heavy (non-hydrogen) atoms. The van der Waals surface area contributed by atoms with Crippen LogP contribution in [0.25, 0.3) is 0 Å². The van der Waals surface area contributed by atoms with Gasteiger partial charge in [-0.05, 0) is 20.8 Å². The lowest BCUT2D eigenvalue weighted by atomic mass is 10.0. The van der Waals surface area contributed by atoms with Crippen LogP contribution in [0, 0.1) is 11.8 Å². The van der Waals surface area contributed by atoms with Gasteiger partial charge in [-0.25, -0.2) is 4.79 Å². The topological polar surface area (TPSA) is 29.5 Å². The number of rotatable bonds is 0. The molecule has 3 nitrogen and oxygen atoms in total. The number of carbonyl (C=O) groups is 1. The van der Waals surface area contributed by atoms with Gasteiger partial charge in [0.25, 0.3) is 0 Å². The molecule has 1 amide bonds. The van der Waals surface area contributed by atoms with Crippen molar-refractivity contribution in [2.45, 2.75) is 31.7 Å². The number of amides is 1. The van der Waals surface area contributed by atoms with E-state index in [1.807, 2.05) is 26.8 Å². The highest BCUT2D eigenvalue weighted by molar-refractivity contribution is 6.22. The third-order valence-electron chi connectivity index (χ3n) is 3.02. The molecule has 0 saturated carbocycles. The molecule has 1 aliphatic heterocycles. The van der Waals surface area contributed by atoms with Crippen molar-refractivity contribution in [3.05, 3.63) is 12.2 Å². The summed E-state index contributed by atoms with van der Waals surface area (Å²) < 4.78 is 5.34. The van der Waals surface area contributed by atoms with Gasteiger partial charge in [-0.15, -0.1) is 11.6 Å². The number of ether oxygens (including phenoxy) is 1. The molecule has 1 saturated heterocycles. The Morgan fingerprint density at radius 3 is 2.62 bits per heavy atom. The zero-order chi connectivity index (χ0) is 11.9. The molecule has 0 radical (unpaired) electrons. The second-order valence-corrected chi connectivity index (χ2v) is 6.05. The molecule has 3 atom stereocenters. The first-order chi connectivity index (χ1) is 7.37. The zero-order valence-corrected chi connectivity index (χ0v) is 10.7. The molecule has 0 bridgehead atoms. The first kappa shape index (κ1) is 11.8. The predicted molar refractivity (Wildman–Crippen MR) is 63.6 cm³/mol. The Hall–Kier alpha value is -0.700. The quantitative estimate of drug-likeness (QED) is 0.484. The van der Waals surface area contributed by atoms with Crippen LogP contribution in [-0.4, -0.2) is 35.1 Å². The molecule has 0 aromatic heterocycles. The molecule has 1 aliphatic carbocycles. The highest BCUT2D eigenvalue weighted by atomic mass is 35.5. The molecular formula is C12H18ClNO2. The van der Waals surface area contributed by atoms with Gasteiger partial charge < -0.3 is 9.64 Å². The molecule has 0 N–H and O–H groups in total. The minimum Gasteiger partial charge on any atom is -0.444 e. The van der Waals surface area contributed by atoms with Gasteiger partial charge in [0.05, 0.1) is 5.38 Å². The van der Waals surface area contributed by atoms with E-state index >= 15 is 0 Å². The monoisotopic (exact) mass is 243 g/mol. The van der Waals surface area contributed by atoms with E-state index in [1.54, 1.807) is 4.90 Å². The zero-order valence-electron chi connectivity index (χ0n) is 9.94. The van der Waals surface area contributed by atoms with Crippen LogP contribution >= 0.6 is 11.6 Å². The van der Waals surface area contributed by atoms with Gasteiger partial charge in [-0.3, -0.25) is 0 Å². The number of halogens is 1. The van der Waals surface area contributed by atoms with E-state index in [9.17, 15) is 4.79 Å². The maximum absolute atomic E-state index is 11.8. The SMILES string of the molecule is CC(C)(C)OC(=O)N1C[C@H]2[C@H](Cl)C=C[C@H]2C1. The lowest BCUT2D eigenvalue weighted by Crippen LogP contribution is -2.36. The Kier molecular flexibility index (Phi) is 2.91. The van der Waals surface area contributed by atoms with Crippen molar-refractivity contribution in [3.63, 3.8) is 0 Å². The van der Waals surface area contributed by atoms with E-state index in [0.717, 1.165) is 6.54 Å². The summed E-state index contributed by atoms with van der Waals surface area (Å²) in [7, 11) is 0. The number of carbonyl (C=O) groups excluding carboxylic acids is 1. The van der Waals surface area contributed by atoms with E-state index in [-0.39, 0.29) is 11.5 Å². The Morgan fingerprint density at radius 1 is 1.38 bits per heavy atom. The van der Waals surface area contributed by atoms with Gasteiger partial charge >= 0.3 is 6.09 Å². The van der Waals surface area contributed by atoms with Crippen molar-refractivity contribution in [1.82, 2.24) is 4.90 Å². The van der Waals surface area contributed by atoms with Gasteiger partial charge in [-0.2, -0.15) is 0 Å². The largest absolute Gasteiger partial charge is 0.444 e. The second kappa shape index (κ2) is 3.95. The van der Waals surface area contributed by atoms with Gasteiger partial charge in [0.2, 0.25) is 0 Å². The molecule has 0 aromatic rings. The second-order valence-electron chi connectivity index (χ2n) is 5.54. The number of hydrogen-bond donors (Lipinski definition) is 0. The van der Waals surface area contributed by atoms with Crippen LogP contribution in [-0.2, 0) is 4.74 Å². The fraction of sp³-hybridized carbons (Fsp3) is 0.750. The fourth-order valence-corrected chi connectivity index (χ4v) is 2.61. The summed E-state index contributed by atoms with van der Waals surface area (Å²) in [5.41, 5.74) is -0.426. The van der Waals surface area contributed by atoms with Crippen molar-refractivity contribution < 1.29 is 9.53 Å². The third-order valence-corrected chi connectivity index (χ3v) is 3.48. The van der Waals surface area contributed by atoms with Crippen LogP contribution < -0.4 is 0 Å². The predicted octanol–water partition coefficient (Wildman–Crippen LogP) is 2.65. The van der Waals surface area contributed by atoms with E-state index in [1.165, 1.54) is 0 Å². The number of alkyl halides is 1. The smallest absolute Gasteiger partial charge is 0.410 e. The fourth-order valence-electron chi connectivity index (χ4n) is 2.26. The van der Waals surface area contributed by atoms with Crippen LogP contribution in [0.3, 0.4) is 0 Å². The molecule has 0 aromatic carbocycles. The van der Waals surface area contributed by atoms with Crippen LogP contribution in [0.4, 0.5) is 4.79 Å². The number of hydrogen-bond acceptors (Lipinski definition) is 2. The average molecular weight is 244 g/mol. The Balaban J connectivity index is 1.94. The van der Waals surface area contributed by atoms with Crippen molar-refractivity contribution in [1.29, 1.82) is 0 Å². The Morgan fingerprint density at radius 2 is 2.06 bits per heavy atom. The highest BCUT2D eigenvalue weighted by Gasteiger charge is 2.41. The van der Waals surface area contributed by atoms with E-state index in [2.05, 4.69) is 6.08 Å². The van der Waals surface area contributed by atoms with Gasteiger partial charge in [0.15, 0.2) is 0 Å². The molecule has 1 heterocycles. The van der Waals surface area contributed by atoms with E-state index < -0.39 is 5.60 Å². The van der Waals surface area contributed by atoms with Crippen molar-refractivity contribution >= 4 is 17.7 Å². The van der Waals surface area contributed by atoms with Crippen molar-refractivity contribution in [2.75, 3.05) is 13.1 Å². The molecule has 0 spiro atoms. The molecule has 4 heteroatoms. The minimum absolute atomic E-state index is 0.0671. The third kappa shape index (κ3) is 2.34. The standard InChI is InChI=1S/C12H18ClNO2/c1-12(2,3)16-11(15)14-6-8-4-5-10(13)9(8)7-14/h4-5,8-10H,6-7H2,1-3H3/t8-,9+,10+/m0/s1. The van der Waals surface area contributed by atoms with Crippen LogP contribution in [0.5, 0.6) is 0 Å². The van der Waals surface area contributed by atoms with E-state index in [0.29, 0.717) is 18.4 Å². The molecule has 0 unspecified atom stereocenters.